The molecule has 0 fully saturated rings. The van der Waals surface area contributed by atoms with Crippen molar-refractivity contribution >= 4 is 32.8 Å². The minimum absolute atomic E-state index is 0.0747. The Morgan fingerprint density at radius 1 is 1.20 bits per heavy atom. The molecule has 1 amide bonds. The number of anilines is 2. The molecule has 2 aromatic rings. The van der Waals surface area contributed by atoms with Crippen LogP contribution >= 0.6 is 0 Å². The van der Waals surface area contributed by atoms with Crippen LogP contribution in [0.2, 0.25) is 0 Å². The lowest BCUT2D eigenvalue weighted by atomic mass is 10.2. The molecule has 0 atom stereocenters. The molecule has 0 spiro atoms. The molecule has 2 rings (SSSR count). The van der Waals surface area contributed by atoms with Crippen LogP contribution in [-0.4, -0.2) is 32.0 Å². The number of sulfone groups is 1. The fourth-order valence-electron chi connectivity index (χ4n) is 2.10. The van der Waals surface area contributed by atoms with Crippen LogP contribution in [-0.2, 0) is 14.6 Å². The number of amides is 1. The highest BCUT2D eigenvalue weighted by molar-refractivity contribution is 7.90. The Labute approximate surface area is 144 Å². The van der Waals surface area contributed by atoms with Gasteiger partial charge in [-0.1, -0.05) is 12.1 Å². The third-order valence-electron chi connectivity index (χ3n) is 3.42. The second kappa shape index (κ2) is 7.31. The molecule has 0 saturated heterocycles. The van der Waals surface area contributed by atoms with Gasteiger partial charge in [0, 0.05) is 29.8 Å². The van der Waals surface area contributed by atoms with Gasteiger partial charge in [0.25, 0.3) is 5.69 Å². The van der Waals surface area contributed by atoms with Gasteiger partial charge in [0.1, 0.15) is 0 Å². The minimum atomic E-state index is -3.37. The van der Waals surface area contributed by atoms with Gasteiger partial charge >= 0.3 is 0 Å². The molecule has 0 saturated carbocycles. The van der Waals surface area contributed by atoms with Crippen LogP contribution in [0.3, 0.4) is 0 Å². The van der Waals surface area contributed by atoms with Gasteiger partial charge in [-0.2, -0.15) is 0 Å². The Morgan fingerprint density at radius 2 is 1.92 bits per heavy atom. The molecule has 2 aromatic carbocycles. The minimum Gasteiger partial charge on any atom is -0.376 e. The lowest BCUT2D eigenvalue weighted by Crippen LogP contribution is -2.22. The smallest absolute Gasteiger partial charge is 0.271 e. The van der Waals surface area contributed by atoms with E-state index in [0.717, 1.165) is 11.8 Å². The number of nitrogens with one attached hydrogen (secondary N) is 2. The molecule has 0 aliphatic carbocycles. The molecule has 0 bridgehead atoms. The van der Waals surface area contributed by atoms with Crippen LogP contribution in [0.4, 0.5) is 17.1 Å². The van der Waals surface area contributed by atoms with Gasteiger partial charge in [-0.3, -0.25) is 14.9 Å². The highest BCUT2D eigenvalue weighted by Crippen LogP contribution is 2.21. The fourth-order valence-corrected chi connectivity index (χ4v) is 2.77. The highest BCUT2D eigenvalue weighted by Gasteiger charge is 2.11. The van der Waals surface area contributed by atoms with Crippen molar-refractivity contribution in [2.75, 3.05) is 23.4 Å². The van der Waals surface area contributed by atoms with E-state index in [1.807, 2.05) is 0 Å². The molecule has 0 heterocycles. The van der Waals surface area contributed by atoms with Gasteiger partial charge in [-0.25, -0.2) is 8.42 Å². The zero-order valence-corrected chi connectivity index (χ0v) is 14.5. The maximum absolute atomic E-state index is 12.0. The standard InChI is InChI=1S/C16H17N3O5S/c1-11-6-7-13(19(21)22)9-15(11)17-10-16(20)18-12-4-3-5-14(8-12)25(2,23)24/h3-9,17H,10H2,1-2H3,(H,18,20). The lowest BCUT2D eigenvalue weighted by Gasteiger charge is -2.10. The Morgan fingerprint density at radius 3 is 2.56 bits per heavy atom. The zero-order chi connectivity index (χ0) is 18.6. The Balaban J connectivity index is 2.04. The molecule has 8 nitrogen and oxygen atoms in total. The lowest BCUT2D eigenvalue weighted by molar-refractivity contribution is -0.384. The van der Waals surface area contributed by atoms with Crippen molar-refractivity contribution in [3.63, 3.8) is 0 Å². The summed E-state index contributed by atoms with van der Waals surface area (Å²) in [7, 11) is -3.37. The quantitative estimate of drug-likeness (QED) is 0.601. The van der Waals surface area contributed by atoms with E-state index < -0.39 is 20.7 Å². The molecule has 2 N–H and O–H groups in total. The molecule has 0 unspecified atom stereocenters. The number of nitro groups is 1. The first-order chi connectivity index (χ1) is 11.7. The molecular formula is C16H17N3O5S. The van der Waals surface area contributed by atoms with Gasteiger partial charge in [0.05, 0.1) is 16.4 Å². The predicted octanol–water partition coefficient (Wildman–Crippen LogP) is 2.36. The van der Waals surface area contributed by atoms with Crippen LogP contribution in [0, 0.1) is 17.0 Å². The average molecular weight is 363 g/mol. The SMILES string of the molecule is Cc1ccc([N+](=O)[O-])cc1NCC(=O)Nc1cccc(S(C)(=O)=O)c1. The Kier molecular flexibility index (Phi) is 5.38. The number of nitrogens with zero attached hydrogens (tertiary/aromatic N) is 1. The first-order valence-corrected chi connectivity index (χ1v) is 9.15. The van der Waals surface area contributed by atoms with E-state index in [9.17, 15) is 23.3 Å². The van der Waals surface area contributed by atoms with Gasteiger partial charge in [0.2, 0.25) is 5.91 Å². The van der Waals surface area contributed by atoms with E-state index in [1.54, 1.807) is 19.1 Å². The fraction of sp³-hybridized carbons (Fsp3) is 0.188. The maximum atomic E-state index is 12.0. The summed E-state index contributed by atoms with van der Waals surface area (Å²) < 4.78 is 23.1. The van der Waals surface area contributed by atoms with Crippen molar-refractivity contribution in [1.82, 2.24) is 0 Å². The summed E-state index contributed by atoms with van der Waals surface area (Å²) in [5, 5.41) is 16.2. The summed E-state index contributed by atoms with van der Waals surface area (Å²) in [5.74, 6) is -0.406. The topological polar surface area (TPSA) is 118 Å². The van der Waals surface area contributed by atoms with Crippen LogP contribution in [0.5, 0.6) is 0 Å². The number of carbonyl (C=O) groups is 1. The van der Waals surface area contributed by atoms with Crippen molar-refractivity contribution in [1.29, 1.82) is 0 Å². The summed E-state index contributed by atoms with van der Waals surface area (Å²) in [6, 6.07) is 10.2. The maximum Gasteiger partial charge on any atom is 0.271 e. The zero-order valence-electron chi connectivity index (χ0n) is 13.6. The second-order valence-electron chi connectivity index (χ2n) is 5.46. The van der Waals surface area contributed by atoms with Gasteiger partial charge in [-0.15, -0.1) is 0 Å². The largest absolute Gasteiger partial charge is 0.376 e. The number of benzene rings is 2. The number of aryl methyl sites for hydroxylation is 1. The van der Waals surface area contributed by atoms with Crippen LogP contribution in [0.25, 0.3) is 0 Å². The Bertz CT molecular complexity index is 925. The molecule has 0 aliphatic rings. The summed E-state index contributed by atoms with van der Waals surface area (Å²) in [5.41, 5.74) is 1.52. The van der Waals surface area contributed by atoms with E-state index in [-0.39, 0.29) is 17.1 Å². The predicted molar refractivity (Wildman–Crippen MR) is 94.5 cm³/mol. The Hall–Kier alpha value is -2.94. The summed E-state index contributed by atoms with van der Waals surface area (Å²) in [6.45, 7) is 1.64. The molecule has 25 heavy (non-hydrogen) atoms. The molecule has 0 aliphatic heterocycles. The van der Waals surface area contributed by atoms with E-state index in [1.165, 1.54) is 30.3 Å². The van der Waals surface area contributed by atoms with E-state index in [2.05, 4.69) is 10.6 Å². The molecular weight excluding hydrogens is 346 g/mol. The second-order valence-corrected chi connectivity index (χ2v) is 7.47. The number of nitro benzene ring substituents is 1. The van der Waals surface area contributed by atoms with Crippen molar-refractivity contribution < 1.29 is 18.1 Å². The number of non-ortho nitro benzene ring substituents is 1. The number of hydrogen-bond donors (Lipinski definition) is 2. The molecule has 9 heteroatoms. The summed E-state index contributed by atoms with van der Waals surface area (Å²) >= 11 is 0. The first-order valence-electron chi connectivity index (χ1n) is 7.26. The van der Waals surface area contributed by atoms with E-state index in [0.29, 0.717) is 11.4 Å². The normalized spacial score (nSPS) is 11.0. The van der Waals surface area contributed by atoms with E-state index in [4.69, 9.17) is 0 Å². The molecule has 132 valence electrons. The van der Waals surface area contributed by atoms with E-state index >= 15 is 0 Å². The van der Waals surface area contributed by atoms with Crippen molar-refractivity contribution in [3.8, 4) is 0 Å². The van der Waals surface area contributed by atoms with Crippen molar-refractivity contribution in [2.45, 2.75) is 11.8 Å². The van der Waals surface area contributed by atoms with Crippen LogP contribution in [0.1, 0.15) is 5.56 Å². The van der Waals surface area contributed by atoms with Crippen LogP contribution in [0.15, 0.2) is 47.4 Å². The molecule has 0 radical (unpaired) electrons. The van der Waals surface area contributed by atoms with Gasteiger partial charge in [0.15, 0.2) is 9.84 Å². The van der Waals surface area contributed by atoms with Gasteiger partial charge in [-0.05, 0) is 30.7 Å². The third kappa shape index (κ3) is 5.01. The first kappa shape index (κ1) is 18.4. The van der Waals surface area contributed by atoms with Crippen molar-refractivity contribution in [3.05, 3.63) is 58.1 Å². The monoisotopic (exact) mass is 363 g/mol. The summed E-state index contributed by atoms with van der Waals surface area (Å²) in [4.78, 5) is 22.4. The summed E-state index contributed by atoms with van der Waals surface area (Å²) in [6.07, 6.45) is 1.08. The third-order valence-corrected chi connectivity index (χ3v) is 4.53. The van der Waals surface area contributed by atoms with Crippen molar-refractivity contribution in [2.24, 2.45) is 0 Å². The molecule has 0 aromatic heterocycles. The van der Waals surface area contributed by atoms with Gasteiger partial charge < -0.3 is 10.6 Å². The number of hydrogen-bond acceptors (Lipinski definition) is 6. The number of carbonyl (C=O) groups excluding carboxylic acids is 1. The average Bonchev–Trinajstić information content (AvgIpc) is 2.53. The highest BCUT2D eigenvalue weighted by atomic mass is 32.2. The van der Waals surface area contributed by atoms with Crippen LogP contribution < -0.4 is 10.6 Å². The number of rotatable bonds is 6.